The van der Waals surface area contributed by atoms with E-state index in [2.05, 4.69) is 31.0 Å². The second kappa shape index (κ2) is 8.51. The van der Waals surface area contributed by atoms with Crippen molar-refractivity contribution in [3.63, 3.8) is 0 Å². The van der Waals surface area contributed by atoms with Gasteiger partial charge in [0.1, 0.15) is 5.82 Å². The Labute approximate surface area is 120 Å². The smallest absolute Gasteiger partial charge is 0.127 e. The maximum atomic E-state index is 13.6. The molecular formula is C15H24ClFN2. The fourth-order valence-corrected chi connectivity index (χ4v) is 2.41. The average Bonchev–Trinajstić information content (AvgIpc) is 2.39. The van der Waals surface area contributed by atoms with E-state index in [1.807, 2.05) is 0 Å². The van der Waals surface area contributed by atoms with Gasteiger partial charge in [0.2, 0.25) is 0 Å². The zero-order chi connectivity index (χ0) is 14.3. The Morgan fingerprint density at radius 3 is 2.58 bits per heavy atom. The van der Waals surface area contributed by atoms with E-state index in [-0.39, 0.29) is 5.82 Å². The highest BCUT2D eigenvalue weighted by Crippen LogP contribution is 2.18. The molecule has 0 aliphatic heterocycles. The molecule has 1 aromatic rings. The van der Waals surface area contributed by atoms with Crippen molar-refractivity contribution in [3.05, 3.63) is 34.6 Å². The van der Waals surface area contributed by atoms with Gasteiger partial charge in [0, 0.05) is 23.2 Å². The number of rotatable bonds is 8. The standard InChI is InChI=1S/C15H24ClFN2/c1-4-19(5-2)11-12(3)18-10-9-13-14(16)7-6-8-15(13)17/h6-8,12,18H,4-5,9-11H2,1-3H3. The summed E-state index contributed by atoms with van der Waals surface area (Å²) in [5, 5.41) is 3.93. The number of hydrogen-bond acceptors (Lipinski definition) is 2. The van der Waals surface area contributed by atoms with Crippen molar-refractivity contribution in [1.82, 2.24) is 10.2 Å². The molecule has 0 heterocycles. The normalized spacial score (nSPS) is 12.9. The topological polar surface area (TPSA) is 15.3 Å². The monoisotopic (exact) mass is 286 g/mol. The van der Waals surface area contributed by atoms with Crippen LogP contribution in [0.25, 0.3) is 0 Å². The zero-order valence-corrected chi connectivity index (χ0v) is 12.8. The Balaban J connectivity index is 2.38. The minimum atomic E-state index is -0.217. The van der Waals surface area contributed by atoms with Gasteiger partial charge < -0.3 is 10.2 Å². The van der Waals surface area contributed by atoms with Gasteiger partial charge in [-0.1, -0.05) is 31.5 Å². The first-order valence-corrected chi connectivity index (χ1v) is 7.34. The lowest BCUT2D eigenvalue weighted by atomic mass is 10.1. The van der Waals surface area contributed by atoms with Crippen LogP contribution in [-0.4, -0.2) is 37.1 Å². The predicted molar refractivity (Wildman–Crippen MR) is 80.4 cm³/mol. The van der Waals surface area contributed by atoms with Gasteiger partial charge >= 0.3 is 0 Å². The fourth-order valence-electron chi connectivity index (χ4n) is 2.15. The molecule has 0 radical (unpaired) electrons. The van der Waals surface area contributed by atoms with Crippen LogP contribution in [0.15, 0.2) is 18.2 Å². The number of likely N-dealkylation sites (N-methyl/N-ethyl adjacent to an activating group) is 1. The number of benzene rings is 1. The van der Waals surface area contributed by atoms with Gasteiger partial charge in [-0.05, 0) is 45.1 Å². The van der Waals surface area contributed by atoms with E-state index in [4.69, 9.17) is 11.6 Å². The average molecular weight is 287 g/mol. The minimum Gasteiger partial charge on any atom is -0.313 e. The van der Waals surface area contributed by atoms with Gasteiger partial charge in [0.05, 0.1) is 0 Å². The van der Waals surface area contributed by atoms with E-state index in [0.29, 0.717) is 23.0 Å². The first kappa shape index (κ1) is 16.4. The summed E-state index contributed by atoms with van der Waals surface area (Å²) < 4.78 is 13.6. The summed E-state index contributed by atoms with van der Waals surface area (Å²) in [7, 11) is 0. The van der Waals surface area contributed by atoms with Crippen molar-refractivity contribution in [2.45, 2.75) is 33.2 Å². The molecule has 0 saturated carbocycles. The molecule has 0 fully saturated rings. The molecule has 0 amide bonds. The minimum absolute atomic E-state index is 0.217. The largest absolute Gasteiger partial charge is 0.313 e. The second-order valence-corrected chi connectivity index (χ2v) is 5.20. The van der Waals surface area contributed by atoms with E-state index in [1.54, 1.807) is 12.1 Å². The van der Waals surface area contributed by atoms with Crippen LogP contribution < -0.4 is 5.32 Å². The summed E-state index contributed by atoms with van der Waals surface area (Å²) in [6.45, 7) is 10.3. The number of halogens is 2. The summed E-state index contributed by atoms with van der Waals surface area (Å²) in [6.07, 6.45) is 0.619. The highest BCUT2D eigenvalue weighted by Gasteiger charge is 2.09. The third-order valence-electron chi connectivity index (χ3n) is 3.36. The molecule has 0 spiro atoms. The Kier molecular flexibility index (Phi) is 7.36. The SMILES string of the molecule is CCN(CC)CC(C)NCCc1c(F)cccc1Cl. The van der Waals surface area contributed by atoms with E-state index in [9.17, 15) is 4.39 Å². The lowest BCUT2D eigenvalue weighted by Crippen LogP contribution is -2.39. The van der Waals surface area contributed by atoms with Crippen molar-refractivity contribution in [2.75, 3.05) is 26.2 Å². The molecule has 1 atom stereocenters. The van der Waals surface area contributed by atoms with Crippen molar-refractivity contribution >= 4 is 11.6 Å². The van der Waals surface area contributed by atoms with Gasteiger partial charge in [-0.15, -0.1) is 0 Å². The van der Waals surface area contributed by atoms with Crippen LogP contribution in [0.2, 0.25) is 5.02 Å². The molecule has 1 unspecified atom stereocenters. The van der Waals surface area contributed by atoms with E-state index in [0.717, 1.165) is 26.2 Å². The highest BCUT2D eigenvalue weighted by molar-refractivity contribution is 6.31. The third-order valence-corrected chi connectivity index (χ3v) is 3.71. The Bertz CT molecular complexity index is 360. The van der Waals surface area contributed by atoms with Crippen molar-refractivity contribution in [1.29, 1.82) is 0 Å². The lowest BCUT2D eigenvalue weighted by Gasteiger charge is -2.23. The van der Waals surface area contributed by atoms with Crippen molar-refractivity contribution in [3.8, 4) is 0 Å². The molecule has 19 heavy (non-hydrogen) atoms. The molecule has 1 N–H and O–H groups in total. The summed E-state index contributed by atoms with van der Waals surface area (Å²) in [6, 6.07) is 5.22. The van der Waals surface area contributed by atoms with Crippen LogP contribution >= 0.6 is 11.6 Å². The first-order valence-electron chi connectivity index (χ1n) is 6.97. The van der Waals surface area contributed by atoms with Gasteiger partial charge in [0.25, 0.3) is 0 Å². The van der Waals surface area contributed by atoms with Crippen LogP contribution in [0.5, 0.6) is 0 Å². The molecule has 1 aromatic carbocycles. The molecule has 0 bridgehead atoms. The molecule has 1 rings (SSSR count). The molecule has 2 nitrogen and oxygen atoms in total. The Morgan fingerprint density at radius 2 is 2.00 bits per heavy atom. The van der Waals surface area contributed by atoms with Crippen molar-refractivity contribution in [2.24, 2.45) is 0 Å². The highest BCUT2D eigenvalue weighted by atomic mass is 35.5. The molecule has 0 aliphatic carbocycles. The van der Waals surface area contributed by atoms with Gasteiger partial charge in [0.15, 0.2) is 0 Å². The quantitative estimate of drug-likeness (QED) is 0.788. The molecule has 0 aromatic heterocycles. The third kappa shape index (κ3) is 5.47. The summed E-state index contributed by atoms with van der Waals surface area (Å²) in [5.41, 5.74) is 0.603. The van der Waals surface area contributed by atoms with Crippen molar-refractivity contribution < 1.29 is 4.39 Å². The predicted octanol–water partition coefficient (Wildman–Crippen LogP) is 3.34. The van der Waals surface area contributed by atoms with Crippen LogP contribution in [0.4, 0.5) is 4.39 Å². The summed E-state index contributed by atoms with van der Waals surface area (Å²) in [5.74, 6) is -0.217. The van der Waals surface area contributed by atoms with Crippen LogP contribution in [0.1, 0.15) is 26.3 Å². The Hall–Kier alpha value is -0.640. The second-order valence-electron chi connectivity index (χ2n) is 4.79. The maximum Gasteiger partial charge on any atom is 0.127 e. The van der Waals surface area contributed by atoms with E-state index in [1.165, 1.54) is 6.07 Å². The maximum absolute atomic E-state index is 13.6. The molecule has 0 aliphatic rings. The Morgan fingerprint density at radius 1 is 1.32 bits per heavy atom. The summed E-state index contributed by atoms with van der Waals surface area (Å²) in [4.78, 5) is 2.37. The van der Waals surface area contributed by atoms with Crippen LogP contribution in [0, 0.1) is 5.82 Å². The first-order chi connectivity index (χ1) is 9.08. The van der Waals surface area contributed by atoms with Crippen LogP contribution in [0.3, 0.4) is 0 Å². The van der Waals surface area contributed by atoms with Gasteiger partial charge in [-0.2, -0.15) is 0 Å². The fraction of sp³-hybridized carbons (Fsp3) is 0.600. The summed E-state index contributed by atoms with van der Waals surface area (Å²) >= 11 is 6.00. The lowest BCUT2D eigenvalue weighted by molar-refractivity contribution is 0.272. The zero-order valence-electron chi connectivity index (χ0n) is 12.0. The van der Waals surface area contributed by atoms with Crippen LogP contribution in [-0.2, 0) is 6.42 Å². The number of nitrogens with one attached hydrogen (secondary N) is 1. The van der Waals surface area contributed by atoms with E-state index >= 15 is 0 Å². The van der Waals surface area contributed by atoms with Gasteiger partial charge in [-0.25, -0.2) is 4.39 Å². The molecule has 108 valence electrons. The molecular weight excluding hydrogens is 263 g/mol. The molecule has 0 saturated heterocycles. The number of hydrogen-bond donors (Lipinski definition) is 1. The van der Waals surface area contributed by atoms with E-state index < -0.39 is 0 Å². The molecule has 4 heteroatoms. The van der Waals surface area contributed by atoms with Gasteiger partial charge in [-0.3, -0.25) is 0 Å². The number of nitrogens with zero attached hydrogens (tertiary/aromatic N) is 1.